The van der Waals surface area contributed by atoms with Crippen LogP contribution in [0.25, 0.3) is 10.2 Å². The highest BCUT2D eigenvalue weighted by molar-refractivity contribution is 7.20. The van der Waals surface area contributed by atoms with Crippen LogP contribution in [0.4, 0.5) is 0 Å². The van der Waals surface area contributed by atoms with E-state index in [2.05, 4.69) is 4.98 Å². The number of nitrogens with zero attached hydrogens (tertiary/aromatic N) is 1. The van der Waals surface area contributed by atoms with Gasteiger partial charge in [-0.25, -0.2) is 4.98 Å². The normalized spacial score (nSPS) is 10.8. The molecule has 0 saturated carbocycles. The van der Waals surface area contributed by atoms with E-state index in [9.17, 15) is 4.79 Å². The molecule has 2 aromatic carbocycles. The number of thiazole rings is 1. The molecule has 0 N–H and O–H groups in total. The largest absolute Gasteiger partial charge is 0.286 e. The Balaban J connectivity index is 2.06. The Hall–Kier alpha value is -1.71. The third kappa shape index (κ3) is 2.27. The number of ketones is 1. The molecule has 0 amide bonds. The zero-order chi connectivity index (χ0) is 13.4. The van der Waals surface area contributed by atoms with Crippen molar-refractivity contribution in [2.45, 2.75) is 6.92 Å². The van der Waals surface area contributed by atoms with Crippen molar-refractivity contribution in [1.29, 1.82) is 0 Å². The number of carbonyl (C=O) groups is 1. The maximum Gasteiger partial charge on any atom is 0.221 e. The molecule has 2 nitrogen and oxygen atoms in total. The summed E-state index contributed by atoms with van der Waals surface area (Å²) in [6.45, 7) is 1.99. The molecule has 0 aliphatic heterocycles. The third-order valence-corrected chi connectivity index (χ3v) is 4.20. The molecule has 1 aromatic heterocycles. The molecule has 94 valence electrons. The van der Waals surface area contributed by atoms with Gasteiger partial charge in [0.15, 0.2) is 5.01 Å². The Bertz CT molecular complexity index is 761. The van der Waals surface area contributed by atoms with E-state index in [1.165, 1.54) is 11.3 Å². The fourth-order valence-electron chi connectivity index (χ4n) is 1.84. The number of aryl methyl sites for hydroxylation is 1. The minimum Gasteiger partial charge on any atom is -0.286 e. The Labute approximate surface area is 119 Å². The minimum atomic E-state index is -0.0581. The van der Waals surface area contributed by atoms with Crippen LogP contribution in [0.3, 0.4) is 0 Å². The van der Waals surface area contributed by atoms with Crippen LogP contribution in [0.5, 0.6) is 0 Å². The summed E-state index contributed by atoms with van der Waals surface area (Å²) in [5.74, 6) is -0.0581. The number of para-hydroxylation sites is 1. The van der Waals surface area contributed by atoms with E-state index in [4.69, 9.17) is 11.6 Å². The van der Waals surface area contributed by atoms with Gasteiger partial charge in [0.2, 0.25) is 5.78 Å². The van der Waals surface area contributed by atoms with Crippen LogP contribution in [-0.4, -0.2) is 10.8 Å². The molecule has 4 heteroatoms. The Morgan fingerprint density at radius 2 is 1.89 bits per heavy atom. The van der Waals surface area contributed by atoms with Crippen molar-refractivity contribution in [3.05, 3.63) is 63.6 Å². The molecule has 3 aromatic rings. The first kappa shape index (κ1) is 12.3. The van der Waals surface area contributed by atoms with Crippen LogP contribution in [0.15, 0.2) is 42.5 Å². The van der Waals surface area contributed by atoms with Gasteiger partial charge in [0.1, 0.15) is 5.52 Å². The molecule has 0 fully saturated rings. The van der Waals surface area contributed by atoms with E-state index in [0.717, 1.165) is 10.3 Å². The van der Waals surface area contributed by atoms with Gasteiger partial charge in [0.05, 0.1) is 9.72 Å². The second-order valence-electron chi connectivity index (χ2n) is 4.30. The lowest BCUT2D eigenvalue weighted by Crippen LogP contribution is -2.00. The molecule has 3 rings (SSSR count). The summed E-state index contributed by atoms with van der Waals surface area (Å²) >= 11 is 7.45. The van der Waals surface area contributed by atoms with Crippen LogP contribution < -0.4 is 0 Å². The van der Waals surface area contributed by atoms with E-state index in [1.807, 2.05) is 43.3 Å². The first-order valence-electron chi connectivity index (χ1n) is 5.81. The SMILES string of the molecule is Cc1ccc(C(=O)c2nc3c(Cl)cccc3s2)cc1. The number of hydrogen-bond donors (Lipinski definition) is 0. The van der Waals surface area contributed by atoms with Crippen LogP contribution in [0.2, 0.25) is 5.02 Å². The number of carbonyl (C=O) groups excluding carboxylic acids is 1. The van der Waals surface area contributed by atoms with Gasteiger partial charge >= 0.3 is 0 Å². The molecule has 0 unspecified atom stereocenters. The van der Waals surface area contributed by atoms with Crippen LogP contribution in [-0.2, 0) is 0 Å². The zero-order valence-corrected chi connectivity index (χ0v) is 11.8. The number of fused-ring (bicyclic) bond motifs is 1. The smallest absolute Gasteiger partial charge is 0.221 e. The van der Waals surface area contributed by atoms with E-state index < -0.39 is 0 Å². The fraction of sp³-hybridized carbons (Fsp3) is 0.0667. The van der Waals surface area contributed by atoms with Gasteiger partial charge in [-0.15, -0.1) is 11.3 Å². The van der Waals surface area contributed by atoms with Crippen LogP contribution in [0.1, 0.15) is 20.9 Å². The third-order valence-electron chi connectivity index (χ3n) is 2.88. The maximum atomic E-state index is 12.3. The Morgan fingerprint density at radius 1 is 1.16 bits per heavy atom. The van der Waals surface area contributed by atoms with Crippen LogP contribution in [0, 0.1) is 6.92 Å². The molecule has 0 radical (unpaired) electrons. The zero-order valence-electron chi connectivity index (χ0n) is 10.2. The van der Waals surface area contributed by atoms with Crippen molar-refractivity contribution >= 4 is 38.9 Å². The first-order chi connectivity index (χ1) is 9.15. The maximum absolute atomic E-state index is 12.3. The highest BCUT2D eigenvalue weighted by atomic mass is 35.5. The predicted molar refractivity (Wildman–Crippen MR) is 79.2 cm³/mol. The highest BCUT2D eigenvalue weighted by Crippen LogP contribution is 2.29. The summed E-state index contributed by atoms with van der Waals surface area (Å²) in [7, 11) is 0. The first-order valence-corrected chi connectivity index (χ1v) is 7.01. The van der Waals surface area contributed by atoms with Gasteiger partial charge in [-0.1, -0.05) is 47.5 Å². The van der Waals surface area contributed by atoms with Crippen molar-refractivity contribution in [3.63, 3.8) is 0 Å². The molecule has 0 aliphatic carbocycles. The van der Waals surface area contributed by atoms with E-state index >= 15 is 0 Å². The van der Waals surface area contributed by atoms with Crippen LogP contribution >= 0.6 is 22.9 Å². The molecule has 0 atom stereocenters. The molecule has 0 saturated heterocycles. The number of aromatic nitrogens is 1. The van der Waals surface area contributed by atoms with E-state index in [1.54, 1.807) is 6.07 Å². The average Bonchev–Trinajstić information content (AvgIpc) is 2.84. The molecule has 0 spiro atoms. The number of hydrogen-bond acceptors (Lipinski definition) is 3. The fourth-order valence-corrected chi connectivity index (χ4v) is 3.07. The Kier molecular flexibility index (Phi) is 3.09. The van der Waals surface area contributed by atoms with Crippen molar-refractivity contribution < 1.29 is 4.79 Å². The standard InChI is InChI=1S/C15H10ClNOS/c1-9-5-7-10(8-6-9)14(18)15-17-13-11(16)3-2-4-12(13)19-15/h2-8H,1H3. The Morgan fingerprint density at radius 3 is 2.58 bits per heavy atom. The minimum absolute atomic E-state index is 0.0581. The molecule has 19 heavy (non-hydrogen) atoms. The monoisotopic (exact) mass is 287 g/mol. The van der Waals surface area contributed by atoms with Crippen molar-refractivity contribution in [2.24, 2.45) is 0 Å². The second kappa shape index (κ2) is 4.76. The number of halogens is 1. The molecular weight excluding hydrogens is 278 g/mol. The highest BCUT2D eigenvalue weighted by Gasteiger charge is 2.15. The molecule has 1 heterocycles. The van der Waals surface area contributed by atoms with Gasteiger partial charge in [-0.2, -0.15) is 0 Å². The number of rotatable bonds is 2. The summed E-state index contributed by atoms with van der Waals surface area (Å²) in [6.07, 6.45) is 0. The summed E-state index contributed by atoms with van der Waals surface area (Å²) < 4.78 is 0.933. The molecule has 0 bridgehead atoms. The summed E-state index contributed by atoms with van der Waals surface area (Å²) in [5, 5.41) is 1.06. The van der Waals surface area contributed by atoms with Crippen molar-refractivity contribution in [2.75, 3.05) is 0 Å². The molecular formula is C15H10ClNOS. The summed E-state index contributed by atoms with van der Waals surface area (Å²) in [4.78, 5) is 16.7. The average molecular weight is 288 g/mol. The van der Waals surface area contributed by atoms with Gasteiger partial charge in [0.25, 0.3) is 0 Å². The summed E-state index contributed by atoms with van der Waals surface area (Å²) in [6, 6.07) is 13.1. The molecule has 0 aliphatic rings. The topological polar surface area (TPSA) is 30.0 Å². The van der Waals surface area contributed by atoms with E-state index in [-0.39, 0.29) is 5.78 Å². The predicted octanol–water partition coefficient (Wildman–Crippen LogP) is 4.49. The van der Waals surface area contributed by atoms with Gasteiger partial charge < -0.3 is 0 Å². The summed E-state index contributed by atoms with van der Waals surface area (Å²) in [5.41, 5.74) is 2.48. The number of benzene rings is 2. The van der Waals surface area contributed by atoms with Gasteiger partial charge in [-0.3, -0.25) is 4.79 Å². The van der Waals surface area contributed by atoms with Gasteiger partial charge in [0, 0.05) is 5.56 Å². The lowest BCUT2D eigenvalue weighted by atomic mass is 10.1. The van der Waals surface area contributed by atoms with E-state index in [0.29, 0.717) is 21.1 Å². The lowest BCUT2D eigenvalue weighted by molar-refractivity contribution is 0.103. The van der Waals surface area contributed by atoms with Crippen molar-refractivity contribution in [1.82, 2.24) is 4.98 Å². The van der Waals surface area contributed by atoms with Crippen molar-refractivity contribution in [3.8, 4) is 0 Å². The lowest BCUT2D eigenvalue weighted by Gasteiger charge is -1.97. The second-order valence-corrected chi connectivity index (χ2v) is 5.74. The quantitative estimate of drug-likeness (QED) is 0.650. The van der Waals surface area contributed by atoms with Gasteiger partial charge in [-0.05, 0) is 19.1 Å².